The molecule has 10 rings (SSSR count). The fourth-order valence-electron chi connectivity index (χ4n) is 8.62. The second-order valence-electron chi connectivity index (χ2n) is 14.6. The molecule has 0 bridgehead atoms. The van der Waals surface area contributed by atoms with Gasteiger partial charge in [0.25, 0.3) is 0 Å². The van der Waals surface area contributed by atoms with Gasteiger partial charge in [-0.15, -0.1) is 0 Å². The van der Waals surface area contributed by atoms with E-state index >= 15 is 0 Å². The molecule has 0 spiro atoms. The highest BCUT2D eigenvalue weighted by molar-refractivity contribution is 6.14. The molecule has 9 aromatic rings. The van der Waals surface area contributed by atoms with Crippen molar-refractivity contribution in [2.75, 3.05) is 9.80 Å². The Kier molecular flexibility index (Phi) is 7.19. The van der Waals surface area contributed by atoms with Crippen molar-refractivity contribution in [1.29, 1.82) is 0 Å². The van der Waals surface area contributed by atoms with Crippen LogP contribution >= 0.6 is 0 Å². The van der Waals surface area contributed by atoms with E-state index in [1.807, 2.05) is 0 Å². The van der Waals surface area contributed by atoms with Gasteiger partial charge in [0.15, 0.2) is 0 Å². The molecular weight excluding hydrogens is 641 g/mol. The van der Waals surface area contributed by atoms with Crippen LogP contribution < -0.4 is 9.80 Å². The van der Waals surface area contributed by atoms with Gasteiger partial charge < -0.3 is 9.80 Å². The molecule has 2 nitrogen and oxygen atoms in total. The summed E-state index contributed by atoms with van der Waals surface area (Å²) in [6.45, 7) is 4.77. The Balaban J connectivity index is 1.13. The number of para-hydroxylation sites is 2. The molecule has 0 saturated heterocycles. The molecule has 0 aliphatic heterocycles. The van der Waals surface area contributed by atoms with Gasteiger partial charge >= 0.3 is 0 Å². The molecule has 0 amide bonds. The predicted octanol–water partition coefficient (Wildman–Crippen LogP) is 14.4. The topological polar surface area (TPSA) is 6.48 Å². The van der Waals surface area contributed by atoms with Crippen molar-refractivity contribution in [3.63, 3.8) is 0 Å². The third-order valence-electron chi connectivity index (χ3n) is 11.2. The normalized spacial score (nSPS) is 12.9. The van der Waals surface area contributed by atoms with Crippen LogP contribution in [0, 0.1) is 0 Å². The minimum Gasteiger partial charge on any atom is -0.310 e. The van der Waals surface area contributed by atoms with E-state index < -0.39 is 0 Å². The first-order chi connectivity index (χ1) is 26.1. The number of hydrogen-bond donors (Lipinski definition) is 0. The molecule has 1 aliphatic carbocycles. The summed E-state index contributed by atoms with van der Waals surface area (Å²) >= 11 is 0. The summed E-state index contributed by atoms with van der Waals surface area (Å²) in [6.07, 6.45) is 0. The van der Waals surface area contributed by atoms with Crippen LogP contribution in [-0.2, 0) is 5.41 Å². The Morgan fingerprint density at radius 1 is 0.321 bits per heavy atom. The maximum absolute atomic E-state index is 2.44. The molecule has 252 valence electrons. The lowest BCUT2D eigenvalue weighted by Crippen LogP contribution is -2.18. The van der Waals surface area contributed by atoms with Crippen LogP contribution in [0.3, 0.4) is 0 Å². The number of rotatable bonds is 6. The second kappa shape index (κ2) is 12.3. The lowest BCUT2D eigenvalue weighted by Gasteiger charge is -2.30. The summed E-state index contributed by atoms with van der Waals surface area (Å²) in [5.41, 5.74) is 12.0. The zero-order chi connectivity index (χ0) is 35.5. The Morgan fingerprint density at radius 3 is 1.42 bits per heavy atom. The fraction of sp³-hybridized carbons (Fsp3) is 0.0588. The lowest BCUT2D eigenvalue weighted by atomic mass is 9.82. The molecular formula is C51H38N2. The average Bonchev–Trinajstić information content (AvgIpc) is 3.44. The molecule has 0 fully saturated rings. The van der Waals surface area contributed by atoms with Gasteiger partial charge in [-0.1, -0.05) is 147 Å². The van der Waals surface area contributed by atoms with Gasteiger partial charge in [-0.05, 0) is 104 Å². The molecule has 2 heteroatoms. The van der Waals surface area contributed by atoms with Crippen molar-refractivity contribution < 1.29 is 0 Å². The number of nitrogens with zero attached hydrogens (tertiary/aromatic N) is 2. The third kappa shape index (κ3) is 5.02. The van der Waals surface area contributed by atoms with E-state index in [1.165, 1.54) is 65.9 Å². The molecule has 53 heavy (non-hydrogen) atoms. The van der Waals surface area contributed by atoms with Crippen LogP contribution in [0.4, 0.5) is 34.1 Å². The van der Waals surface area contributed by atoms with E-state index in [1.54, 1.807) is 0 Å². The highest BCUT2D eigenvalue weighted by Crippen LogP contribution is 2.53. The zero-order valence-electron chi connectivity index (χ0n) is 29.9. The van der Waals surface area contributed by atoms with E-state index in [2.05, 4.69) is 218 Å². The summed E-state index contributed by atoms with van der Waals surface area (Å²) < 4.78 is 0. The number of anilines is 6. The van der Waals surface area contributed by atoms with Gasteiger partial charge in [0, 0.05) is 38.9 Å². The highest BCUT2D eigenvalue weighted by atomic mass is 15.1. The zero-order valence-corrected chi connectivity index (χ0v) is 29.9. The maximum atomic E-state index is 2.44. The fourth-order valence-corrected chi connectivity index (χ4v) is 8.62. The lowest BCUT2D eigenvalue weighted by molar-refractivity contribution is 0.660. The van der Waals surface area contributed by atoms with E-state index in [4.69, 9.17) is 0 Å². The molecule has 0 radical (unpaired) electrons. The van der Waals surface area contributed by atoms with Crippen molar-refractivity contribution in [1.82, 2.24) is 0 Å². The van der Waals surface area contributed by atoms with Gasteiger partial charge in [-0.3, -0.25) is 0 Å². The summed E-state index contributed by atoms with van der Waals surface area (Å²) in [5, 5.41) is 7.46. The molecule has 0 atom stereocenters. The Bertz CT molecular complexity index is 2810. The summed E-state index contributed by atoms with van der Waals surface area (Å²) in [6, 6.07) is 70.9. The number of fused-ring (bicyclic) bond motifs is 7. The maximum Gasteiger partial charge on any atom is 0.0546 e. The minimum atomic E-state index is -0.231. The summed E-state index contributed by atoms with van der Waals surface area (Å²) in [5.74, 6) is 0. The molecule has 0 unspecified atom stereocenters. The van der Waals surface area contributed by atoms with Gasteiger partial charge in [0.2, 0.25) is 0 Å². The first-order valence-corrected chi connectivity index (χ1v) is 18.4. The monoisotopic (exact) mass is 678 g/mol. The van der Waals surface area contributed by atoms with Crippen LogP contribution in [-0.4, -0.2) is 0 Å². The van der Waals surface area contributed by atoms with Crippen molar-refractivity contribution >= 4 is 66.4 Å². The minimum absolute atomic E-state index is 0.231. The van der Waals surface area contributed by atoms with Crippen molar-refractivity contribution in [2.45, 2.75) is 19.3 Å². The van der Waals surface area contributed by atoms with Crippen LogP contribution in [0.25, 0.3) is 43.4 Å². The largest absolute Gasteiger partial charge is 0.310 e. The van der Waals surface area contributed by atoms with Gasteiger partial charge in [0.05, 0.1) is 11.4 Å². The molecule has 1 aliphatic rings. The first kappa shape index (κ1) is 31.1. The smallest absolute Gasteiger partial charge is 0.0546 e. The average molecular weight is 679 g/mol. The van der Waals surface area contributed by atoms with Crippen molar-refractivity contribution in [2.24, 2.45) is 0 Å². The van der Waals surface area contributed by atoms with Crippen LogP contribution in [0.1, 0.15) is 25.0 Å². The van der Waals surface area contributed by atoms with Crippen molar-refractivity contribution in [3.05, 3.63) is 205 Å². The van der Waals surface area contributed by atoms with E-state index in [0.717, 1.165) is 22.7 Å². The van der Waals surface area contributed by atoms with E-state index in [0.29, 0.717) is 0 Å². The first-order valence-electron chi connectivity index (χ1n) is 18.4. The van der Waals surface area contributed by atoms with Gasteiger partial charge in [-0.25, -0.2) is 0 Å². The number of hydrogen-bond acceptors (Lipinski definition) is 2. The second-order valence-corrected chi connectivity index (χ2v) is 14.6. The number of benzene rings is 9. The standard InChI is InChI=1S/C51H38N2/c1-51(2)47-33-39(52(37-19-5-3-6-20-37)49-27-15-18-35-16-9-12-24-42(35)49)28-30-44(47)45-31-29-40(34-48(45)51)53(38-21-7-4-8-22-38)50-32-36-17-10-11-23-41(36)43-25-13-14-26-46(43)50/h3-34H,1-2H3. The molecule has 0 aromatic heterocycles. The molecule has 0 N–H and O–H groups in total. The highest BCUT2D eigenvalue weighted by Gasteiger charge is 2.37. The predicted molar refractivity (Wildman–Crippen MR) is 226 cm³/mol. The molecule has 0 heterocycles. The van der Waals surface area contributed by atoms with Crippen molar-refractivity contribution in [3.8, 4) is 11.1 Å². The summed E-state index contributed by atoms with van der Waals surface area (Å²) in [7, 11) is 0. The SMILES string of the molecule is CC1(C)c2cc(N(c3ccccc3)c3cccc4ccccc34)ccc2-c2ccc(N(c3ccccc3)c3cc4ccccc4c4ccccc34)cc21. The third-order valence-corrected chi connectivity index (χ3v) is 11.2. The van der Waals surface area contributed by atoms with Gasteiger partial charge in [0.1, 0.15) is 0 Å². The van der Waals surface area contributed by atoms with Crippen LogP contribution in [0.15, 0.2) is 194 Å². The Morgan fingerprint density at radius 2 is 0.792 bits per heavy atom. The van der Waals surface area contributed by atoms with E-state index in [-0.39, 0.29) is 5.41 Å². The molecule has 0 saturated carbocycles. The Hall–Kier alpha value is -6.64. The quantitative estimate of drug-likeness (QED) is 0.162. The van der Waals surface area contributed by atoms with Crippen LogP contribution in [0.5, 0.6) is 0 Å². The molecule has 9 aromatic carbocycles. The Labute approximate surface area is 310 Å². The van der Waals surface area contributed by atoms with Gasteiger partial charge in [-0.2, -0.15) is 0 Å². The summed E-state index contributed by atoms with van der Waals surface area (Å²) in [4.78, 5) is 4.85. The van der Waals surface area contributed by atoms with Crippen LogP contribution in [0.2, 0.25) is 0 Å². The van der Waals surface area contributed by atoms with E-state index in [9.17, 15) is 0 Å².